The van der Waals surface area contributed by atoms with E-state index in [1.165, 1.54) is 11.3 Å². The van der Waals surface area contributed by atoms with E-state index in [2.05, 4.69) is 22.5 Å². The van der Waals surface area contributed by atoms with Crippen molar-refractivity contribution in [2.45, 2.75) is 31.3 Å². The standard InChI is InChI=1S/C16H21N3O/c1-19-16-9-5-8-14(13(16)10-17-19)18-15(11-20)12-6-3-2-4-7-12/h2-4,6-7,10,14-15,18,20H,5,8-9,11H2,1H3. The Hall–Kier alpha value is -1.65. The predicted octanol–water partition coefficient (Wildman–Crippen LogP) is 2.12. The fourth-order valence-electron chi connectivity index (χ4n) is 3.06. The molecule has 0 radical (unpaired) electrons. The molecule has 1 aliphatic carbocycles. The zero-order chi connectivity index (χ0) is 13.9. The van der Waals surface area contributed by atoms with Gasteiger partial charge in [-0.3, -0.25) is 4.68 Å². The number of nitrogens with zero attached hydrogens (tertiary/aromatic N) is 2. The molecule has 4 nitrogen and oxygen atoms in total. The summed E-state index contributed by atoms with van der Waals surface area (Å²) in [6, 6.07) is 10.4. The fraction of sp³-hybridized carbons (Fsp3) is 0.438. The highest BCUT2D eigenvalue weighted by Crippen LogP contribution is 2.31. The maximum Gasteiger partial charge on any atom is 0.0626 e. The molecule has 3 rings (SSSR count). The molecule has 2 N–H and O–H groups in total. The summed E-state index contributed by atoms with van der Waals surface area (Å²) in [6.45, 7) is 0.107. The van der Waals surface area contributed by atoms with Gasteiger partial charge in [0.2, 0.25) is 0 Å². The zero-order valence-electron chi connectivity index (χ0n) is 11.8. The van der Waals surface area contributed by atoms with Crippen LogP contribution in [0.15, 0.2) is 36.5 Å². The molecule has 0 saturated heterocycles. The van der Waals surface area contributed by atoms with Crippen molar-refractivity contribution in [1.82, 2.24) is 15.1 Å². The van der Waals surface area contributed by atoms with Gasteiger partial charge in [0.1, 0.15) is 0 Å². The number of hydrogen-bond acceptors (Lipinski definition) is 3. The van der Waals surface area contributed by atoms with Crippen LogP contribution in [0.25, 0.3) is 0 Å². The minimum Gasteiger partial charge on any atom is -0.394 e. The number of fused-ring (bicyclic) bond motifs is 1. The first-order valence-corrected chi connectivity index (χ1v) is 7.22. The molecule has 1 aliphatic rings. The van der Waals surface area contributed by atoms with Gasteiger partial charge in [0.15, 0.2) is 0 Å². The van der Waals surface area contributed by atoms with Crippen LogP contribution in [-0.2, 0) is 13.5 Å². The first kappa shape index (κ1) is 13.3. The first-order valence-electron chi connectivity index (χ1n) is 7.22. The van der Waals surface area contributed by atoms with Crippen molar-refractivity contribution in [1.29, 1.82) is 0 Å². The van der Waals surface area contributed by atoms with Gasteiger partial charge in [-0.05, 0) is 24.8 Å². The van der Waals surface area contributed by atoms with Crippen LogP contribution in [0.3, 0.4) is 0 Å². The van der Waals surface area contributed by atoms with Crippen LogP contribution in [0.1, 0.15) is 41.7 Å². The van der Waals surface area contributed by atoms with Crippen molar-refractivity contribution >= 4 is 0 Å². The lowest BCUT2D eigenvalue weighted by molar-refractivity contribution is 0.228. The molecule has 20 heavy (non-hydrogen) atoms. The van der Waals surface area contributed by atoms with E-state index < -0.39 is 0 Å². The Bertz CT molecular complexity index is 564. The molecule has 1 aromatic carbocycles. The fourth-order valence-corrected chi connectivity index (χ4v) is 3.06. The van der Waals surface area contributed by atoms with Gasteiger partial charge in [0, 0.05) is 24.3 Å². The SMILES string of the molecule is Cn1ncc2c1CCCC2NC(CO)c1ccccc1. The topological polar surface area (TPSA) is 50.1 Å². The number of aromatic nitrogens is 2. The summed E-state index contributed by atoms with van der Waals surface area (Å²) in [7, 11) is 2.00. The van der Waals surface area contributed by atoms with Crippen molar-refractivity contribution in [3.05, 3.63) is 53.3 Å². The van der Waals surface area contributed by atoms with Crippen LogP contribution in [0.5, 0.6) is 0 Å². The maximum absolute atomic E-state index is 9.68. The predicted molar refractivity (Wildman–Crippen MR) is 78.3 cm³/mol. The minimum absolute atomic E-state index is 0.0210. The minimum atomic E-state index is -0.0210. The summed E-state index contributed by atoms with van der Waals surface area (Å²) < 4.78 is 1.97. The lowest BCUT2D eigenvalue weighted by Crippen LogP contribution is -2.31. The van der Waals surface area contributed by atoms with Crippen LogP contribution in [0.2, 0.25) is 0 Å². The van der Waals surface area contributed by atoms with Crippen molar-refractivity contribution in [2.75, 3.05) is 6.61 Å². The van der Waals surface area contributed by atoms with E-state index in [1.807, 2.05) is 36.1 Å². The van der Waals surface area contributed by atoms with E-state index in [9.17, 15) is 5.11 Å². The van der Waals surface area contributed by atoms with Gasteiger partial charge in [-0.15, -0.1) is 0 Å². The second-order valence-electron chi connectivity index (χ2n) is 5.43. The van der Waals surface area contributed by atoms with Gasteiger partial charge < -0.3 is 10.4 Å². The Morgan fingerprint density at radius 3 is 2.95 bits per heavy atom. The molecule has 0 bridgehead atoms. The van der Waals surface area contributed by atoms with Gasteiger partial charge in [-0.1, -0.05) is 30.3 Å². The number of rotatable bonds is 4. The third-order valence-corrected chi connectivity index (χ3v) is 4.16. The number of nitrogens with one attached hydrogen (secondary N) is 1. The Balaban J connectivity index is 1.81. The number of benzene rings is 1. The molecule has 1 aromatic heterocycles. The lowest BCUT2D eigenvalue weighted by Gasteiger charge is -2.28. The molecule has 2 unspecified atom stereocenters. The van der Waals surface area contributed by atoms with Crippen LogP contribution >= 0.6 is 0 Å². The van der Waals surface area contributed by atoms with Gasteiger partial charge in [-0.2, -0.15) is 5.10 Å². The van der Waals surface area contributed by atoms with Crippen molar-refractivity contribution in [3.63, 3.8) is 0 Å². The number of hydrogen-bond donors (Lipinski definition) is 2. The van der Waals surface area contributed by atoms with Crippen molar-refractivity contribution in [3.8, 4) is 0 Å². The third kappa shape index (κ3) is 2.49. The van der Waals surface area contributed by atoms with Crippen molar-refractivity contribution in [2.24, 2.45) is 7.05 Å². The molecular weight excluding hydrogens is 250 g/mol. The molecule has 106 valence electrons. The van der Waals surface area contributed by atoms with E-state index in [-0.39, 0.29) is 18.7 Å². The average molecular weight is 271 g/mol. The average Bonchev–Trinajstić information content (AvgIpc) is 2.88. The molecule has 4 heteroatoms. The van der Waals surface area contributed by atoms with E-state index in [0.29, 0.717) is 0 Å². The van der Waals surface area contributed by atoms with Gasteiger partial charge >= 0.3 is 0 Å². The molecular formula is C16H21N3O. The summed E-state index contributed by atoms with van der Waals surface area (Å²) in [6.07, 6.45) is 5.32. The number of aliphatic hydroxyl groups is 1. The quantitative estimate of drug-likeness (QED) is 0.895. The number of aryl methyl sites for hydroxylation is 1. The summed E-state index contributed by atoms with van der Waals surface area (Å²) in [5, 5.41) is 17.6. The molecule has 0 fully saturated rings. The summed E-state index contributed by atoms with van der Waals surface area (Å²) >= 11 is 0. The molecule has 0 saturated carbocycles. The first-order chi connectivity index (χ1) is 9.79. The molecule has 0 amide bonds. The van der Waals surface area contributed by atoms with Crippen molar-refractivity contribution < 1.29 is 5.11 Å². The van der Waals surface area contributed by atoms with Gasteiger partial charge in [-0.25, -0.2) is 0 Å². The molecule has 0 aliphatic heterocycles. The largest absolute Gasteiger partial charge is 0.394 e. The Morgan fingerprint density at radius 2 is 2.20 bits per heavy atom. The van der Waals surface area contributed by atoms with E-state index in [0.717, 1.165) is 24.8 Å². The molecule has 1 heterocycles. The zero-order valence-corrected chi connectivity index (χ0v) is 11.8. The van der Waals surface area contributed by atoms with Crippen LogP contribution < -0.4 is 5.32 Å². The summed E-state index contributed by atoms with van der Waals surface area (Å²) in [5.41, 5.74) is 3.73. The lowest BCUT2D eigenvalue weighted by atomic mass is 9.92. The Labute approximate surface area is 119 Å². The van der Waals surface area contributed by atoms with E-state index >= 15 is 0 Å². The second-order valence-corrected chi connectivity index (χ2v) is 5.43. The summed E-state index contributed by atoms with van der Waals surface area (Å²) in [4.78, 5) is 0. The van der Waals surface area contributed by atoms with Gasteiger partial charge in [0.25, 0.3) is 0 Å². The second kappa shape index (κ2) is 5.77. The molecule has 2 aromatic rings. The third-order valence-electron chi connectivity index (χ3n) is 4.16. The molecule has 0 spiro atoms. The monoisotopic (exact) mass is 271 g/mol. The highest BCUT2D eigenvalue weighted by molar-refractivity contribution is 5.26. The Kier molecular flexibility index (Phi) is 3.85. The highest BCUT2D eigenvalue weighted by Gasteiger charge is 2.25. The highest BCUT2D eigenvalue weighted by atomic mass is 16.3. The summed E-state index contributed by atoms with van der Waals surface area (Å²) in [5.74, 6) is 0. The smallest absolute Gasteiger partial charge is 0.0626 e. The maximum atomic E-state index is 9.68. The van der Waals surface area contributed by atoms with Gasteiger partial charge in [0.05, 0.1) is 18.8 Å². The van der Waals surface area contributed by atoms with Crippen LogP contribution in [0, 0.1) is 0 Å². The Morgan fingerprint density at radius 1 is 1.40 bits per heavy atom. The van der Waals surface area contributed by atoms with Crippen LogP contribution in [0.4, 0.5) is 0 Å². The molecule has 2 atom stereocenters. The normalized spacial score (nSPS) is 19.6. The number of aliphatic hydroxyl groups excluding tert-OH is 1. The van der Waals surface area contributed by atoms with E-state index in [1.54, 1.807) is 0 Å². The van der Waals surface area contributed by atoms with E-state index in [4.69, 9.17) is 0 Å². The van der Waals surface area contributed by atoms with Crippen LogP contribution in [-0.4, -0.2) is 21.5 Å².